The van der Waals surface area contributed by atoms with Crippen LogP contribution in [-0.4, -0.2) is 41.0 Å². The van der Waals surface area contributed by atoms with Gasteiger partial charge in [0.1, 0.15) is 11.8 Å². The molecule has 2 rings (SSSR count). The Kier molecular flexibility index (Phi) is 3.89. The fourth-order valence-corrected chi connectivity index (χ4v) is 2.04. The van der Waals surface area contributed by atoms with Gasteiger partial charge in [0, 0.05) is 18.8 Å². The summed E-state index contributed by atoms with van der Waals surface area (Å²) in [5.74, 6) is 0.556. The first kappa shape index (κ1) is 11.8. The highest BCUT2D eigenvalue weighted by atomic mass is 15.2. The van der Waals surface area contributed by atoms with Crippen LogP contribution in [-0.2, 0) is 0 Å². The van der Waals surface area contributed by atoms with Gasteiger partial charge >= 0.3 is 0 Å². The van der Waals surface area contributed by atoms with Gasteiger partial charge in [-0.15, -0.1) is 0 Å². The zero-order valence-corrected chi connectivity index (χ0v) is 10.1. The van der Waals surface area contributed by atoms with Crippen LogP contribution in [0.1, 0.15) is 24.2 Å². The Morgan fingerprint density at radius 2 is 2.18 bits per heavy atom. The number of hydrogen-bond donors (Lipinski definition) is 1. The Balaban J connectivity index is 1.85. The summed E-state index contributed by atoms with van der Waals surface area (Å²) in [5.41, 5.74) is 1.24. The topological polar surface area (TPSA) is 64.8 Å². The van der Waals surface area contributed by atoms with Crippen molar-refractivity contribution < 1.29 is 0 Å². The van der Waals surface area contributed by atoms with Gasteiger partial charge in [0.25, 0.3) is 0 Å². The molecule has 17 heavy (non-hydrogen) atoms. The molecular formula is C12H17N5. The zero-order valence-electron chi connectivity index (χ0n) is 10.1. The van der Waals surface area contributed by atoms with E-state index in [0.717, 1.165) is 18.8 Å². The second kappa shape index (κ2) is 5.60. The predicted octanol–water partition coefficient (Wildman–Crippen LogP) is 1.16. The number of rotatable bonds is 4. The van der Waals surface area contributed by atoms with Crippen molar-refractivity contribution in [2.75, 3.05) is 31.5 Å². The number of aromatic nitrogens is 2. The van der Waals surface area contributed by atoms with Crippen LogP contribution in [0.5, 0.6) is 0 Å². The highest BCUT2D eigenvalue weighted by Gasteiger charge is 2.10. The molecule has 1 aromatic heterocycles. The van der Waals surface area contributed by atoms with Crippen LogP contribution >= 0.6 is 0 Å². The first-order chi connectivity index (χ1) is 8.28. The van der Waals surface area contributed by atoms with Gasteiger partial charge in [0.15, 0.2) is 0 Å². The third kappa shape index (κ3) is 3.40. The maximum atomic E-state index is 8.81. The number of nitrogens with zero attached hydrogens (tertiary/aromatic N) is 4. The van der Waals surface area contributed by atoms with E-state index in [1.165, 1.54) is 25.9 Å². The van der Waals surface area contributed by atoms with E-state index in [1.54, 1.807) is 6.07 Å². The second-order valence-electron chi connectivity index (χ2n) is 4.31. The minimum absolute atomic E-state index is 0.418. The lowest BCUT2D eigenvalue weighted by Crippen LogP contribution is -2.26. The average molecular weight is 231 g/mol. The molecule has 1 saturated heterocycles. The van der Waals surface area contributed by atoms with Gasteiger partial charge < -0.3 is 10.2 Å². The second-order valence-corrected chi connectivity index (χ2v) is 4.31. The van der Waals surface area contributed by atoms with E-state index >= 15 is 0 Å². The molecule has 0 radical (unpaired) electrons. The van der Waals surface area contributed by atoms with Gasteiger partial charge in [-0.1, -0.05) is 0 Å². The summed E-state index contributed by atoms with van der Waals surface area (Å²) in [6.45, 7) is 6.10. The van der Waals surface area contributed by atoms with Crippen LogP contribution in [0.3, 0.4) is 0 Å². The molecule has 0 aromatic carbocycles. The number of aryl methyl sites for hydroxylation is 1. The number of nitriles is 1. The number of likely N-dealkylation sites (tertiary alicyclic amines) is 1. The molecule has 0 saturated carbocycles. The van der Waals surface area contributed by atoms with Crippen LogP contribution in [0.15, 0.2) is 6.07 Å². The summed E-state index contributed by atoms with van der Waals surface area (Å²) in [4.78, 5) is 10.8. The van der Waals surface area contributed by atoms with Crippen molar-refractivity contribution in [1.29, 1.82) is 5.26 Å². The van der Waals surface area contributed by atoms with Crippen molar-refractivity contribution in [2.24, 2.45) is 0 Å². The summed E-state index contributed by atoms with van der Waals surface area (Å²) in [7, 11) is 0. The van der Waals surface area contributed by atoms with E-state index in [9.17, 15) is 0 Å². The minimum atomic E-state index is 0.418. The molecular weight excluding hydrogens is 214 g/mol. The molecule has 90 valence electrons. The fourth-order valence-electron chi connectivity index (χ4n) is 2.04. The molecule has 1 aliphatic heterocycles. The molecule has 0 amide bonds. The molecule has 2 heterocycles. The maximum Gasteiger partial charge on any atom is 0.224 e. The first-order valence-electron chi connectivity index (χ1n) is 6.00. The van der Waals surface area contributed by atoms with E-state index in [-0.39, 0.29) is 0 Å². The van der Waals surface area contributed by atoms with Crippen LogP contribution in [0.25, 0.3) is 0 Å². The van der Waals surface area contributed by atoms with Gasteiger partial charge in [0.2, 0.25) is 5.95 Å². The first-order valence-corrected chi connectivity index (χ1v) is 6.00. The summed E-state index contributed by atoms with van der Waals surface area (Å²) < 4.78 is 0. The molecule has 5 nitrogen and oxygen atoms in total. The van der Waals surface area contributed by atoms with Gasteiger partial charge in [-0.3, -0.25) is 0 Å². The Hall–Kier alpha value is -1.67. The quantitative estimate of drug-likeness (QED) is 0.842. The largest absolute Gasteiger partial charge is 0.353 e. The molecule has 0 atom stereocenters. The monoisotopic (exact) mass is 231 g/mol. The van der Waals surface area contributed by atoms with Crippen LogP contribution in [0.4, 0.5) is 5.95 Å². The van der Waals surface area contributed by atoms with E-state index < -0.39 is 0 Å². The lowest BCUT2D eigenvalue weighted by molar-refractivity contribution is 0.352. The maximum absolute atomic E-state index is 8.81. The average Bonchev–Trinajstić information content (AvgIpc) is 2.81. The fraction of sp³-hybridized carbons (Fsp3) is 0.583. The number of anilines is 1. The molecule has 1 fully saturated rings. The lowest BCUT2D eigenvalue weighted by atomic mass is 10.3. The smallest absolute Gasteiger partial charge is 0.224 e. The molecule has 0 spiro atoms. The molecule has 1 N–H and O–H groups in total. The molecule has 1 aromatic rings. The molecule has 0 unspecified atom stereocenters. The van der Waals surface area contributed by atoms with Crippen LogP contribution < -0.4 is 5.32 Å². The van der Waals surface area contributed by atoms with Crippen molar-refractivity contribution in [3.8, 4) is 6.07 Å². The summed E-state index contributed by atoms with van der Waals surface area (Å²) >= 11 is 0. The Morgan fingerprint density at radius 3 is 2.88 bits per heavy atom. The van der Waals surface area contributed by atoms with E-state index in [1.807, 2.05) is 13.0 Å². The Bertz CT molecular complexity index is 417. The Morgan fingerprint density at radius 1 is 1.41 bits per heavy atom. The Labute approximate surface area is 101 Å². The SMILES string of the molecule is Cc1cc(C#N)nc(NCCN2CCCC2)n1. The summed E-state index contributed by atoms with van der Waals surface area (Å²) in [5, 5.41) is 12.0. The predicted molar refractivity (Wildman–Crippen MR) is 65.6 cm³/mol. The number of hydrogen-bond acceptors (Lipinski definition) is 5. The minimum Gasteiger partial charge on any atom is -0.353 e. The van der Waals surface area contributed by atoms with Gasteiger partial charge in [-0.25, -0.2) is 9.97 Å². The van der Waals surface area contributed by atoms with Crippen molar-refractivity contribution in [3.63, 3.8) is 0 Å². The highest BCUT2D eigenvalue weighted by Crippen LogP contribution is 2.07. The van der Waals surface area contributed by atoms with Crippen molar-refractivity contribution in [1.82, 2.24) is 14.9 Å². The van der Waals surface area contributed by atoms with Crippen LogP contribution in [0.2, 0.25) is 0 Å². The van der Waals surface area contributed by atoms with Gasteiger partial charge in [0.05, 0.1) is 0 Å². The lowest BCUT2D eigenvalue weighted by Gasteiger charge is -2.14. The standard InChI is InChI=1S/C12H17N5/c1-10-8-11(9-13)16-12(15-10)14-4-7-17-5-2-3-6-17/h8H,2-7H2,1H3,(H,14,15,16). The van der Waals surface area contributed by atoms with Crippen LogP contribution in [0, 0.1) is 18.3 Å². The zero-order chi connectivity index (χ0) is 12.1. The van der Waals surface area contributed by atoms with Gasteiger partial charge in [-0.05, 0) is 38.9 Å². The highest BCUT2D eigenvalue weighted by molar-refractivity contribution is 5.32. The summed E-state index contributed by atoms with van der Waals surface area (Å²) in [6, 6.07) is 3.72. The summed E-state index contributed by atoms with van der Waals surface area (Å²) in [6.07, 6.45) is 2.61. The normalized spacial score (nSPS) is 15.8. The van der Waals surface area contributed by atoms with Crippen molar-refractivity contribution in [2.45, 2.75) is 19.8 Å². The number of nitrogens with one attached hydrogen (secondary N) is 1. The van der Waals surface area contributed by atoms with Crippen molar-refractivity contribution in [3.05, 3.63) is 17.5 Å². The third-order valence-corrected chi connectivity index (χ3v) is 2.88. The third-order valence-electron chi connectivity index (χ3n) is 2.88. The van der Waals surface area contributed by atoms with Gasteiger partial charge in [-0.2, -0.15) is 5.26 Å². The van der Waals surface area contributed by atoms with Crippen molar-refractivity contribution >= 4 is 5.95 Å². The van der Waals surface area contributed by atoms with E-state index in [0.29, 0.717) is 11.6 Å². The molecule has 1 aliphatic rings. The van der Waals surface area contributed by atoms with E-state index in [4.69, 9.17) is 5.26 Å². The molecule has 5 heteroatoms. The molecule has 0 aliphatic carbocycles. The van der Waals surface area contributed by atoms with E-state index in [2.05, 4.69) is 20.2 Å². The molecule has 0 bridgehead atoms.